The first-order chi connectivity index (χ1) is 16.0. The summed E-state index contributed by atoms with van der Waals surface area (Å²) < 4.78 is 26.5. The monoisotopic (exact) mass is 481 g/mol. The summed E-state index contributed by atoms with van der Waals surface area (Å²) in [5.41, 5.74) is 2.10. The molecule has 0 bridgehead atoms. The first-order valence-corrected chi connectivity index (χ1v) is 11.9. The molecule has 3 aromatic rings. The van der Waals surface area contributed by atoms with Crippen LogP contribution in [0.4, 0.5) is 5.69 Å². The van der Waals surface area contributed by atoms with E-state index < -0.39 is 30.8 Å². The summed E-state index contributed by atoms with van der Waals surface area (Å²) in [6.45, 7) is 3.60. The fourth-order valence-electron chi connectivity index (χ4n) is 3.94. The molecule has 0 radical (unpaired) electrons. The molecule has 0 saturated heterocycles. The average molecular weight is 482 g/mol. The molecule has 0 aromatic heterocycles. The Morgan fingerprint density at radius 1 is 1.00 bits per heavy atom. The van der Waals surface area contributed by atoms with Crippen LogP contribution >= 0.6 is 0 Å². The van der Waals surface area contributed by atoms with E-state index in [1.807, 2.05) is 6.07 Å². The molecule has 176 valence electrons. The van der Waals surface area contributed by atoms with Gasteiger partial charge in [0.15, 0.2) is 12.3 Å². The van der Waals surface area contributed by atoms with Crippen molar-refractivity contribution < 1.29 is 26.8 Å². The number of sulfonamides is 1. The Morgan fingerprint density at radius 2 is 1.56 bits per heavy atom. The van der Waals surface area contributed by atoms with Gasteiger partial charge >= 0.3 is 15.9 Å². The zero-order valence-electron chi connectivity index (χ0n) is 19.0. The van der Waals surface area contributed by atoms with Gasteiger partial charge in [-0.1, -0.05) is 36.4 Å². The fourth-order valence-corrected chi connectivity index (χ4v) is 5.68. The lowest BCUT2D eigenvalue weighted by molar-refractivity contribution is -0.715. The van der Waals surface area contributed by atoms with Crippen LogP contribution in [0.1, 0.15) is 27.0 Å². The number of rotatable bonds is 8. The third-order valence-electron chi connectivity index (χ3n) is 5.79. The Morgan fingerprint density at radius 3 is 2.06 bits per heavy atom. The molecule has 0 spiro atoms. The number of hydrogen-bond donors (Lipinski definition) is 0. The molecule has 1 amide bonds. The highest BCUT2D eigenvalue weighted by molar-refractivity contribution is 7.86. The molecule has 2 atom stereocenters. The van der Waals surface area contributed by atoms with Crippen molar-refractivity contribution in [2.75, 3.05) is 7.05 Å². The van der Waals surface area contributed by atoms with E-state index in [9.17, 15) is 28.1 Å². The smallest absolute Gasteiger partial charge is 0.297 e. The highest BCUT2D eigenvalue weighted by Gasteiger charge is 2.52. The molecule has 8 nitrogen and oxygen atoms in total. The second-order valence-corrected chi connectivity index (χ2v) is 10.5. The van der Waals surface area contributed by atoms with Crippen molar-refractivity contribution in [2.45, 2.75) is 31.2 Å². The van der Waals surface area contributed by atoms with Crippen molar-refractivity contribution in [1.29, 1.82) is 0 Å². The van der Waals surface area contributed by atoms with Crippen LogP contribution < -0.4 is 0 Å². The number of aryl methyl sites for hydroxylation is 2. The molecule has 0 heterocycles. The van der Waals surface area contributed by atoms with Crippen LogP contribution in [0.3, 0.4) is 0 Å². The Hall–Kier alpha value is -3.69. The van der Waals surface area contributed by atoms with Crippen LogP contribution in [0.25, 0.3) is 0 Å². The molecular weight excluding hydrogens is 456 g/mol. The maximum Gasteiger partial charge on any atom is 0.361 e. The number of nitro groups is 1. The number of likely N-dealkylation sites (N-methyl/N-ethyl adjacent to an activating group) is 1. The number of carbonyl (C=O) groups is 2. The third kappa shape index (κ3) is 4.66. The molecule has 9 heteroatoms. The van der Waals surface area contributed by atoms with E-state index in [1.165, 1.54) is 43.4 Å². The minimum Gasteiger partial charge on any atom is -0.297 e. The number of hydrogen-bond acceptors (Lipinski definition) is 6. The summed E-state index contributed by atoms with van der Waals surface area (Å²) in [5, 5.41) is 11.0. The molecule has 0 aliphatic carbocycles. The maximum atomic E-state index is 13.9. The lowest BCUT2D eigenvalue weighted by atomic mass is 10.0. The summed E-state index contributed by atoms with van der Waals surface area (Å²) in [6, 6.07) is 16.7. The third-order valence-corrected chi connectivity index (χ3v) is 8.10. The van der Waals surface area contributed by atoms with Crippen molar-refractivity contribution in [3.63, 3.8) is 0 Å². The van der Waals surface area contributed by atoms with Gasteiger partial charge in [-0.25, -0.2) is 4.79 Å². The van der Waals surface area contributed by atoms with E-state index in [0.717, 1.165) is 11.1 Å². The molecule has 0 N–H and O–H groups in total. The fraction of sp³-hybridized carbons (Fsp3) is 0.200. The second-order valence-electron chi connectivity index (χ2n) is 8.29. The van der Waals surface area contributed by atoms with Gasteiger partial charge < -0.3 is 0 Å². The molecular formula is C25H25N2O6S+. The van der Waals surface area contributed by atoms with Gasteiger partial charge in [-0.05, 0) is 54.8 Å². The average Bonchev–Trinajstić information content (AvgIpc) is 2.81. The lowest BCUT2D eigenvalue weighted by Crippen LogP contribution is -2.61. The summed E-state index contributed by atoms with van der Waals surface area (Å²) >= 11 is 0. The number of nitro benzene ring substituents is 1. The number of aldehydes is 1. The molecule has 3 aromatic carbocycles. The van der Waals surface area contributed by atoms with E-state index in [1.54, 1.807) is 44.2 Å². The minimum atomic E-state index is -4.38. The van der Waals surface area contributed by atoms with Gasteiger partial charge in [-0.15, -0.1) is 3.89 Å². The standard InChI is InChI=1S/C25H25N2O6S/c1-18-13-19(2)15-21(14-18)25(29)27(3,34(32,33)24-7-5-4-6-8-24)23(17-28)16-20-9-11-22(12-10-20)26(30)31/h4-15,17,23H,16H2,1-3H3/q+1/t23-,27?/m0/s1. The van der Waals surface area contributed by atoms with Gasteiger partial charge in [0.25, 0.3) is 5.69 Å². The summed E-state index contributed by atoms with van der Waals surface area (Å²) in [4.78, 5) is 36.5. The molecule has 0 aliphatic heterocycles. The van der Waals surface area contributed by atoms with E-state index >= 15 is 0 Å². The zero-order valence-corrected chi connectivity index (χ0v) is 19.9. The normalized spacial score (nSPS) is 14.1. The number of non-ortho nitro benzene ring substituents is 1. The Balaban J connectivity index is 2.17. The predicted octanol–water partition coefficient (Wildman–Crippen LogP) is 4.00. The van der Waals surface area contributed by atoms with Crippen LogP contribution in [0.2, 0.25) is 0 Å². The Kier molecular flexibility index (Phi) is 7.09. The molecule has 0 fully saturated rings. The van der Waals surface area contributed by atoms with Crippen LogP contribution in [-0.2, 0) is 21.2 Å². The lowest BCUT2D eigenvalue weighted by Gasteiger charge is -2.35. The van der Waals surface area contributed by atoms with Crippen LogP contribution in [0, 0.1) is 24.0 Å². The molecule has 3 rings (SSSR count). The van der Waals surface area contributed by atoms with E-state index in [4.69, 9.17) is 0 Å². The van der Waals surface area contributed by atoms with E-state index in [-0.39, 0.29) is 22.6 Å². The maximum absolute atomic E-state index is 13.9. The molecule has 0 aliphatic rings. The van der Waals surface area contributed by atoms with Gasteiger partial charge in [-0.2, -0.15) is 8.42 Å². The van der Waals surface area contributed by atoms with Crippen LogP contribution in [0.15, 0.2) is 77.7 Å². The summed E-state index contributed by atoms with van der Waals surface area (Å²) in [6.07, 6.45) is 0.350. The number of nitrogens with zero attached hydrogens (tertiary/aromatic N) is 2. The van der Waals surface area contributed by atoms with Crippen LogP contribution in [-0.4, -0.2) is 42.5 Å². The second kappa shape index (κ2) is 9.66. The van der Waals surface area contributed by atoms with Crippen molar-refractivity contribution >= 4 is 27.9 Å². The van der Waals surface area contributed by atoms with Crippen molar-refractivity contribution in [3.05, 3.63) is 105 Å². The Labute approximate surface area is 198 Å². The van der Waals surface area contributed by atoms with Crippen molar-refractivity contribution in [3.8, 4) is 0 Å². The molecule has 34 heavy (non-hydrogen) atoms. The van der Waals surface area contributed by atoms with Gasteiger partial charge in [-0.3, -0.25) is 14.9 Å². The van der Waals surface area contributed by atoms with Gasteiger partial charge in [0.1, 0.15) is 4.90 Å². The van der Waals surface area contributed by atoms with Gasteiger partial charge in [0.2, 0.25) is 0 Å². The quantitative estimate of drug-likeness (QED) is 0.208. The highest BCUT2D eigenvalue weighted by atomic mass is 32.2. The number of amides is 1. The predicted molar refractivity (Wildman–Crippen MR) is 127 cm³/mol. The zero-order chi connectivity index (χ0) is 25.1. The number of quaternary nitrogens is 1. The Bertz CT molecular complexity index is 1320. The highest BCUT2D eigenvalue weighted by Crippen LogP contribution is 2.30. The van der Waals surface area contributed by atoms with Crippen molar-refractivity contribution in [2.24, 2.45) is 0 Å². The van der Waals surface area contributed by atoms with Gasteiger partial charge in [0.05, 0.1) is 17.5 Å². The van der Waals surface area contributed by atoms with Crippen LogP contribution in [0.5, 0.6) is 0 Å². The summed E-state index contributed by atoms with van der Waals surface area (Å²) in [5.74, 6) is -0.741. The molecule has 1 unspecified atom stereocenters. The molecule has 0 saturated carbocycles. The first kappa shape index (κ1) is 24.9. The first-order valence-electron chi connectivity index (χ1n) is 10.5. The SMILES string of the molecule is Cc1cc(C)cc(C(=O)[N+](C)([C@H](C=O)Cc2ccc([N+](=O)[O-])cc2)S(=O)(=O)c2ccccc2)c1. The largest absolute Gasteiger partial charge is 0.361 e. The van der Waals surface area contributed by atoms with Crippen molar-refractivity contribution in [1.82, 2.24) is 0 Å². The van der Waals surface area contributed by atoms with Gasteiger partial charge in [0, 0.05) is 18.6 Å². The summed E-state index contributed by atoms with van der Waals surface area (Å²) in [7, 11) is -3.15. The minimum absolute atomic E-state index is 0.0919. The topological polar surface area (TPSA) is 111 Å². The number of benzene rings is 3. The van der Waals surface area contributed by atoms with E-state index in [2.05, 4.69) is 0 Å². The van der Waals surface area contributed by atoms with E-state index in [0.29, 0.717) is 11.8 Å². The number of carbonyl (C=O) groups excluding carboxylic acids is 2.